The van der Waals surface area contributed by atoms with Crippen LogP contribution in [-0.4, -0.2) is 18.4 Å². The smallest absolute Gasteiger partial charge is 0.291 e. The third-order valence-electron chi connectivity index (χ3n) is 3.66. The molecule has 0 aliphatic heterocycles. The van der Waals surface area contributed by atoms with Gasteiger partial charge >= 0.3 is 0 Å². The lowest BCUT2D eigenvalue weighted by molar-refractivity contribution is -0.116. The third-order valence-corrected chi connectivity index (χ3v) is 4.15. The standard InChI is InChI=1S/C20H16Cl2N2O4/c21-13-3-6-15(7-4-13)27-11-9-19(25)23-16-8-5-14(22)12-17(16)24-20(26)18-2-1-10-28-18/h1-8,10,12H,9,11H2,(H,23,25)(H,24,26). The van der Waals surface area contributed by atoms with Crippen LogP contribution in [0.3, 0.4) is 0 Å². The molecule has 6 nitrogen and oxygen atoms in total. The number of benzene rings is 2. The van der Waals surface area contributed by atoms with Crippen LogP contribution in [0, 0.1) is 0 Å². The molecule has 0 saturated carbocycles. The molecule has 0 unspecified atom stereocenters. The number of halogens is 2. The molecule has 2 amide bonds. The van der Waals surface area contributed by atoms with Gasteiger partial charge in [-0.15, -0.1) is 0 Å². The van der Waals surface area contributed by atoms with Crippen molar-refractivity contribution in [3.8, 4) is 5.75 Å². The quantitative estimate of drug-likeness (QED) is 0.549. The summed E-state index contributed by atoms with van der Waals surface area (Å²) in [5, 5.41) is 6.43. The number of carbonyl (C=O) groups excluding carboxylic acids is 2. The van der Waals surface area contributed by atoms with E-state index >= 15 is 0 Å². The number of carbonyl (C=O) groups is 2. The molecule has 2 aromatic carbocycles. The average molecular weight is 419 g/mol. The van der Waals surface area contributed by atoms with E-state index in [1.54, 1.807) is 48.5 Å². The van der Waals surface area contributed by atoms with Crippen molar-refractivity contribution in [3.63, 3.8) is 0 Å². The lowest BCUT2D eigenvalue weighted by Gasteiger charge is -2.12. The first-order valence-corrected chi connectivity index (χ1v) is 9.09. The van der Waals surface area contributed by atoms with E-state index in [0.717, 1.165) is 0 Å². The van der Waals surface area contributed by atoms with Crippen molar-refractivity contribution >= 4 is 46.4 Å². The van der Waals surface area contributed by atoms with Gasteiger partial charge in [0, 0.05) is 10.0 Å². The van der Waals surface area contributed by atoms with E-state index in [1.807, 2.05) is 0 Å². The zero-order chi connectivity index (χ0) is 19.9. The Bertz CT molecular complexity index is 957. The van der Waals surface area contributed by atoms with Gasteiger partial charge < -0.3 is 19.8 Å². The average Bonchev–Trinajstić information content (AvgIpc) is 3.20. The number of furan rings is 1. The molecule has 0 saturated heterocycles. The molecular weight excluding hydrogens is 403 g/mol. The van der Waals surface area contributed by atoms with Crippen LogP contribution in [0.4, 0.5) is 11.4 Å². The monoisotopic (exact) mass is 418 g/mol. The van der Waals surface area contributed by atoms with Crippen LogP contribution >= 0.6 is 23.2 Å². The maximum absolute atomic E-state index is 12.2. The zero-order valence-corrected chi connectivity index (χ0v) is 16.1. The maximum Gasteiger partial charge on any atom is 0.291 e. The number of hydrogen-bond acceptors (Lipinski definition) is 4. The molecule has 0 aliphatic carbocycles. The summed E-state index contributed by atoms with van der Waals surface area (Å²) < 4.78 is 10.6. The predicted molar refractivity (Wildman–Crippen MR) is 108 cm³/mol. The summed E-state index contributed by atoms with van der Waals surface area (Å²) in [5.41, 5.74) is 0.779. The number of hydrogen-bond donors (Lipinski definition) is 2. The van der Waals surface area contributed by atoms with Crippen LogP contribution < -0.4 is 15.4 Å². The van der Waals surface area contributed by atoms with Gasteiger partial charge in [0.15, 0.2) is 5.76 Å². The van der Waals surface area contributed by atoms with E-state index in [-0.39, 0.29) is 24.7 Å². The fourth-order valence-electron chi connectivity index (χ4n) is 2.33. The Morgan fingerprint density at radius 3 is 2.39 bits per heavy atom. The number of ether oxygens (including phenoxy) is 1. The molecule has 144 valence electrons. The van der Waals surface area contributed by atoms with Gasteiger partial charge in [-0.1, -0.05) is 23.2 Å². The van der Waals surface area contributed by atoms with Gasteiger partial charge in [0.2, 0.25) is 5.91 Å². The van der Waals surface area contributed by atoms with Crippen molar-refractivity contribution in [1.29, 1.82) is 0 Å². The molecule has 8 heteroatoms. The van der Waals surface area contributed by atoms with Crippen molar-refractivity contribution in [3.05, 3.63) is 76.7 Å². The topological polar surface area (TPSA) is 80.6 Å². The predicted octanol–water partition coefficient (Wildman–Crippen LogP) is 5.25. The Kier molecular flexibility index (Phi) is 6.57. The van der Waals surface area contributed by atoms with Gasteiger partial charge in [-0.3, -0.25) is 9.59 Å². The highest BCUT2D eigenvalue weighted by atomic mass is 35.5. The molecule has 2 N–H and O–H groups in total. The summed E-state index contributed by atoms with van der Waals surface area (Å²) >= 11 is 11.8. The molecule has 0 bridgehead atoms. The maximum atomic E-state index is 12.2. The fraction of sp³-hybridized carbons (Fsp3) is 0.100. The van der Waals surface area contributed by atoms with Gasteiger partial charge in [-0.05, 0) is 54.6 Å². The lowest BCUT2D eigenvalue weighted by Crippen LogP contribution is -2.18. The highest BCUT2D eigenvalue weighted by molar-refractivity contribution is 6.31. The second kappa shape index (κ2) is 9.30. The van der Waals surface area contributed by atoms with Gasteiger partial charge in [0.1, 0.15) is 5.75 Å². The van der Waals surface area contributed by atoms with Crippen LogP contribution in [0.25, 0.3) is 0 Å². The van der Waals surface area contributed by atoms with E-state index in [2.05, 4.69) is 10.6 Å². The molecule has 0 radical (unpaired) electrons. The number of anilines is 2. The number of rotatable bonds is 7. The van der Waals surface area contributed by atoms with Crippen molar-refractivity contribution < 1.29 is 18.7 Å². The molecule has 0 atom stereocenters. The zero-order valence-electron chi connectivity index (χ0n) is 14.6. The minimum Gasteiger partial charge on any atom is -0.493 e. The summed E-state index contributed by atoms with van der Waals surface area (Å²) in [6.45, 7) is 0.190. The summed E-state index contributed by atoms with van der Waals surface area (Å²) in [5.74, 6) is 0.0438. The second-order valence-corrected chi connectivity index (χ2v) is 6.59. The van der Waals surface area contributed by atoms with Crippen molar-refractivity contribution in [2.45, 2.75) is 6.42 Å². The first kappa shape index (κ1) is 19.8. The van der Waals surface area contributed by atoms with Gasteiger partial charge in [0.05, 0.1) is 30.7 Å². The second-order valence-electron chi connectivity index (χ2n) is 5.72. The Morgan fingerprint density at radius 1 is 0.929 bits per heavy atom. The van der Waals surface area contributed by atoms with E-state index < -0.39 is 5.91 Å². The highest BCUT2D eigenvalue weighted by Crippen LogP contribution is 2.26. The van der Waals surface area contributed by atoms with E-state index in [1.165, 1.54) is 12.3 Å². The summed E-state index contributed by atoms with van der Waals surface area (Å²) in [6, 6.07) is 14.8. The molecule has 0 fully saturated rings. The van der Waals surface area contributed by atoms with Crippen molar-refractivity contribution in [2.24, 2.45) is 0 Å². The molecule has 3 aromatic rings. The highest BCUT2D eigenvalue weighted by Gasteiger charge is 2.13. The lowest BCUT2D eigenvalue weighted by atomic mass is 10.2. The van der Waals surface area contributed by atoms with E-state index in [9.17, 15) is 9.59 Å². The van der Waals surface area contributed by atoms with Crippen molar-refractivity contribution in [1.82, 2.24) is 0 Å². The molecule has 0 aliphatic rings. The van der Waals surface area contributed by atoms with Crippen LogP contribution in [0.1, 0.15) is 17.0 Å². The Labute approximate surface area is 171 Å². The number of nitrogens with one attached hydrogen (secondary N) is 2. The number of amides is 2. The first-order valence-electron chi connectivity index (χ1n) is 8.34. The van der Waals surface area contributed by atoms with Crippen LogP contribution in [0.15, 0.2) is 65.3 Å². The minimum atomic E-state index is -0.450. The molecule has 1 heterocycles. The van der Waals surface area contributed by atoms with Gasteiger partial charge in [-0.2, -0.15) is 0 Å². The SMILES string of the molecule is O=C(CCOc1ccc(Cl)cc1)Nc1ccc(Cl)cc1NC(=O)c1ccco1. The summed E-state index contributed by atoms with van der Waals surface area (Å²) in [7, 11) is 0. The first-order chi connectivity index (χ1) is 13.5. The van der Waals surface area contributed by atoms with Gasteiger partial charge in [-0.25, -0.2) is 0 Å². The van der Waals surface area contributed by atoms with Crippen molar-refractivity contribution in [2.75, 3.05) is 17.2 Å². The van der Waals surface area contributed by atoms with E-state index in [0.29, 0.717) is 27.2 Å². The molecular formula is C20H16Cl2N2O4. The largest absolute Gasteiger partial charge is 0.493 e. The Morgan fingerprint density at radius 2 is 1.68 bits per heavy atom. The van der Waals surface area contributed by atoms with Crippen LogP contribution in [0.2, 0.25) is 10.0 Å². The molecule has 1 aromatic heterocycles. The summed E-state index contributed by atoms with van der Waals surface area (Å²) in [4.78, 5) is 24.4. The minimum absolute atomic E-state index is 0.122. The van der Waals surface area contributed by atoms with Gasteiger partial charge in [0.25, 0.3) is 5.91 Å². The molecule has 0 spiro atoms. The van der Waals surface area contributed by atoms with Crippen LogP contribution in [0.5, 0.6) is 5.75 Å². The normalized spacial score (nSPS) is 10.4. The third kappa shape index (κ3) is 5.52. The Hall–Kier alpha value is -2.96. The van der Waals surface area contributed by atoms with Crippen LogP contribution in [-0.2, 0) is 4.79 Å². The molecule has 28 heavy (non-hydrogen) atoms. The Balaban J connectivity index is 1.59. The molecule has 3 rings (SSSR count). The fourth-order valence-corrected chi connectivity index (χ4v) is 2.62. The van der Waals surface area contributed by atoms with E-state index in [4.69, 9.17) is 32.4 Å². The summed E-state index contributed by atoms with van der Waals surface area (Å²) in [6.07, 6.45) is 1.52.